The zero-order chi connectivity index (χ0) is 14.7. The van der Waals surface area contributed by atoms with Gasteiger partial charge in [0.1, 0.15) is 6.04 Å². The predicted octanol–water partition coefficient (Wildman–Crippen LogP) is 2.26. The molecule has 2 N–H and O–H groups in total. The maximum absolute atomic E-state index is 12.4. The molecule has 0 aromatic rings. The van der Waals surface area contributed by atoms with E-state index in [9.17, 15) is 4.79 Å². The lowest BCUT2D eigenvalue weighted by Crippen LogP contribution is -2.38. The maximum atomic E-state index is 12.4. The van der Waals surface area contributed by atoms with E-state index >= 15 is 0 Å². The number of carbonyl (C=O) groups excluding carboxylic acids is 1. The normalized spacial score (nSPS) is 31.0. The molecule has 2 aliphatic heterocycles. The van der Waals surface area contributed by atoms with Gasteiger partial charge < -0.3 is 10.1 Å². The molecule has 3 aliphatic rings. The molecule has 0 spiro atoms. The van der Waals surface area contributed by atoms with Crippen molar-refractivity contribution in [3.8, 4) is 0 Å². The Bertz CT molecular complexity index is 387. The van der Waals surface area contributed by atoms with Crippen LogP contribution in [0.5, 0.6) is 0 Å². The summed E-state index contributed by atoms with van der Waals surface area (Å²) in [6, 6.07) is -0.180. The van der Waals surface area contributed by atoms with Gasteiger partial charge in [0.15, 0.2) is 5.96 Å². The fourth-order valence-corrected chi connectivity index (χ4v) is 3.85. The number of hydrogen-bond acceptors (Lipinski definition) is 3. The Morgan fingerprint density at radius 1 is 1.14 bits per heavy atom. The summed E-state index contributed by atoms with van der Waals surface area (Å²) in [6.45, 7) is 1.34. The van der Waals surface area contributed by atoms with Crippen LogP contribution in [0.2, 0.25) is 0 Å². The van der Waals surface area contributed by atoms with Crippen LogP contribution in [0.15, 0.2) is 0 Å². The Kier molecular flexibility index (Phi) is 4.78. The van der Waals surface area contributed by atoms with Gasteiger partial charge in [-0.1, -0.05) is 32.1 Å². The molecule has 5 nitrogen and oxygen atoms in total. The van der Waals surface area contributed by atoms with Gasteiger partial charge in [-0.25, -0.2) is 0 Å². The number of nitrogens with zero attached hydrogens (tertiary/aromatic N) is 1. The van der Waals surface area contributed by atoms with Gasteiger partial charge >= 0.3 is 0 Å². The van der Waals surface area contributed by atoms with Gasteiger partial charge in [0, 0.05) is 6.61 Å². The van der Waals surface area contributed by atoms with Gasteiger partial charge in [-0.2, -0.15) is 0 Å². The number of hydrogen-bond donors (Lipinski definition) is 2. The Morgan fingerprint density at radius 2 is 1.95 bits per heavy atom. The molecule has 0 bridgehead atoms. The Balaban J connectivity index is 1.48. The zero-order valence-electron chi connectivity index (χ0n) is 12.8. The third kappa shape index (κ3) is 3.57. The van der Waals surface area contributed by atoms with Crippen LogP contribution in [0.3, 0.4) is 0 Å². The van der Waals surface area contributed by atoms with Gasteiger partial charge in [-0.15, -0.1) is 0 Å². The first-order valence-electron chi connectivity index (χ1n) is 8.52. The third-order valence-corrected chi connectivity index (χ3v) is 5.14. The predicted molar refractivity (Wildman–Crippen MR) is 81.1 cm³/mol. The summed E-state index contributed by atoms with van der Waals surface area (Å²) >= 11 is 0. The average molecular weight is 293 g/mol. The van der Waals surface area contributed by atoms with Crippen molar-refractivity contribution >= 4 is 11.9 Å². The highest BCUT2D eigenvalue weighted by Gasteiger charge is 2.37. The van der Waals surface area contributed by atoms with Crippen molar-refractivity contribution in [2.24, 2.45) is 5.92 Å². The molecule has 21 heavy (non-hydrogen) atoms. The molecule has 2 atom stereocenters. The molecular formula is C16H27N3O2. The first-order valence-corrected chi connectivity index (χ1v) is 8.52. The summed E-state index contributed by atoms with van der Waals surface area (Å²) in [4.78, 5) is 14.0. The van der Waals surface area contributed by atoms with Crippen LogP contribution in [0.4, 0.5) is 0 Å². The van der Waals surface area contributed by atoms with Crippen LogP contribution in [0.25, 0.3) is 0 Å². The Morgan fingerprint density at radius 3 is 2.67 bits per heavy atom. The third-order valence-electron chi connectivity index (χ3n) is 5.14. The van der Waals surface area contributed by atoms with Crippen molar-refractivity contribution in [2.45, 2.75) is 69.9 Å². The van der Waals surface area contributed by atoms with Crippen LogP contribution in [0.1, 0.15) is 57.8 Å². The molecule has 2 heterocycles. The first-order chi connectivity index (χ1) is 10.2. The standard InChI is InChI=1S/C16H27N3O2/c17-16-18-14(9-8-12-5-2-1-3-6-12)15(20)19(16)11-13-7-4-10-21-13/h12-14H,1-11H2,(H2,17,18). The van der Waals surface area contributed by atoms with E-state index in [0.717, 1.165) is 38.2 Å². The smallest absolute Gasteiger partial charge is 0.251 e. The van der Waals surface area contributed by atoms with Crippen molar-refractivity contribution < 1.29 is 9.53 Å². The number of nitrogens with one attached hydrogen (secondary N) is 2. The van der Waals surface area contributed by atoms with Crippen LogP contribution in [-0.2, 0) is 9.53 Å². The fourth-order valence-electron chi connectivity index (χ4n) is 3.85. The molecule has 0 aromatic carbocycles. The first kappa shape index (κ1) is 14.8. The van der Waals surface area contributed by atoms with Crippen LogP contribution in [-0.4, -0.2) is 42.1 Å². The molecule has 0 radical (unpaired) electrons. The molecule has 118 valence electrons. The molecule has 5 heteroatoms. The molecule has 2 unspecified atom stereocenters. The molecule has 0 aromatic heterocycles. The SMILES string of the molecule is N=C1NC(CCC2CCCCC2)C(=O)N1CC1CCCO1. The highest BCUT2D eigenvalue weighted by molar-refractivity contribution is 6.05. The summed E-state index contributed by atoms with van der Waals surface area (Å²) in [5.41, 5.74) is 0. The van der Waals surface area contributed by atoms with E-state index in [0.29, 0.717) is 6.54 Å². The lowest BCUT2D eigenvalue weighted by molar-refractivity contribution is -0.128. The summed E-state index contributed by atoms with van der Waals surface area (Å²) < 4.78 is 5.58. The largest absolute Gasteiger partial charge is 0.376 e. The van der Waals surface area contributed by atoms with Gasteiger partial charge in [-0.3, -0.25) is 15.1 Å². The van der Waals surface area contributed by atoms with Gasteiger partial charge in [0.2, 0.25) is 0 Å². The lowest BCUT2D eigenvalue weighted by atomic mass is 9.85. The fraction of sp³-hybridized carbons (Fsp3) is 0.875. The van der Waals surface area contributed by atoms with Crippen molar-refractivity contribution in [2.75, 3.05) is 13.2 Å². The van der Waals surface area contributed by atoms with Crippen LogP contribution < -0.4 is 5.32 Å². The average Bonchev–Trinajstić information content (AvgIpc) is 3.10. The minimum Gasteiger partial charge on any atom is -0.376 e. The van der Waals surface area contributed by atoms with E-state index in [4.69, 9.17) is 10.1 Å². The summed E-state index contributed by atoms with van der Waals surface area (Å²) in [7, 11) is 0. The Hall–Kier alpha value is -1.10. The van der Waals surface area contributed by atoms with Crippen LogP contribution in [0, 0.1) is 11.3 Å². The monoisotopic (exact) mass is 293 g/mol. The number of carbonyl (C=O) groups is 1. The van der Waals surface area contributed by atoms with Crippen molar-refractivity contribution in [3.05, 3.63) is 0 Å². The van der Waals surface area contributed by atoms with Crippen LogP contribution >= 0.6 is 0 Å². The second kappa shape index (κ2) is 6.77. The summed E-state index contributed by atoms with van der Waals surface area (Å²) in [6.07, 6.45) is 10.9. The molecule has 2 saturated heterocycles. The molecule has 1 saturated carbocycles. The Labute approximate surface area is 126 Å². The number of guanidine groups is 1. The van der Waals surface area contributed by atoms with E-state index in [-0.39, 0.29) is 24.0 Å². The van der Waals surface area contributed by atoms with E-state index in [1.165, 1.54) is 32.1 Å². The topological polar surface area (TPSA) is 65.4 Å². The van der Waals surface area contributed by atoms with E-state index in [1.54, 1.807) is 4.90 Å². The second-order valence-electron chi connectivity index (χ2n) is 6.71. The highest BCUT2D eigenvalue weighted by atomic mass is 16.5. The van der Waals surface area contributed by atoms with Crippen molar-refractivity contribution in [1.82, 2.24) is 10.2 Å². The maximum Gasteiger partial charge on any atom is 0.251 e. The van der Waals surface area contributed by atoms with E-state index < -0.39 is 0 Å². The highest BCUT2D eigenvalue weighted by Crippen LogP contribution is 2.28. The molecule has 3 rings (SSSR count). The van der Waals surface area contributed by atoms with Gasteiger partial charge in [0.25, 0.3) is 5.91 Å². The van der Waals surface area contributed by atoms with Crippen molar-refractivity contribution in [3.63, 3.8) is 0 Å². The van der Waals surface area contributed by atoms with Crippen molar-refractivity contribution in [1.29, 1.82) is 5.41 Å². The zero-order valence-corrected chi connectivity index (χ0v) is 12.8. The summed E-state index contributed by atoms with van der Waals surface area (Å²) in [5, 5.41) is 11.1. The molecule has 3 fully saturated rings. The van der Waals surface area contributed by atoms with Gasteiger partial charge in [-0.05, 0) is 31.6 Å². The van der Waals surface area contributed by atoms with E-state index in [1.807, 2.05) is 0 Å². The minimum absolute atomic E-state index is 0.0753. The number of amides is 1. The number of rotatable bonds is 5. The molecule has 1 aliphatic carbocycles. The van der Waals surface area contributed by atoms with Gasteiger partial charge in [0.05, 0.1) is 12.6 Å². The molecule has 1 amide bonds. The summed E-state index contributed by atoms with van der Waals surface area (Å²) in [5.74, 6) is 1.13. The second-order valence-corrected chi connectivity index (χ2v) is 6.71. The number of ether oxygens (including phenoxy) is 1. The minimum atomic E-state index is -0.180. The quantitative estimate of drug-likeness (QED) is 0.817. The lowest BCUT2D eigenvalue weighted by Gasteiger charge is -2.22. The van der Waals surface area contributed by atoms with E-state index in [2.05, 4.69) is 5.32 Å². The molecular weight excluding hydrogens is 266 g/mol.